The molecule has 0 bridgehead atoms. The number of likely N-dealkylation sites (tertiary alicyclic amines) is 1. The largest absolute Gasteiger partial charge is 0.460 e. The fourth-order valence-electron chi connectivity index (χ4n) is 2.91. The van der Waals surface area contributed by atoms with Crippen molar-refractivity contribution in [3.8, 4) is 0 Å². The SMILES string of the molecule is CCCOC1CCCN(Cc2cc3ccccc3o2)C1. The lowest BCUT2D eigenvalue weighted by Crippen LogP contribution is -2.39. The Hall–Kier alpha value is -1.32. The highest BCUT2D eigenvalue weighted by Gasteiger charge is 2.21. The zero-order chi connectivity index (χ0) is 13.8. The summed E-state index contributed by atoms with van der Waals surface area (Å²) in [7, 11) is 0. The summed E-state index contributed by atoms with van der Waals surface area (Å²) in [5.74, 6) is 1.06. The molecule has 0 amide bonds. The summed E-state index contributed by atoms with van der Waals surface area (Å²) in [6, 6.07) is 10.4. The molecule has 1 aliphatic rings. The van der Waals surface area contributed by atoms with Crippen molar-refractivity contribution in [2.45, 2.75) is 38.8 Å². The molecule has 3 heteroatoms. The number of hydrogen-bond acceptors (Lipinski definition) is 3. The topological polar surface area (TPSA) is 25.6 Å². The zero-order valence-corrected chi connectivity index (χ0v) is 12.2. The van der Waals surface area contributed by atoms with Crippen molar-refractivity contribution in [3.05, 3.63) is 36.1 Å². The van der Waals surface area contributed by atoms with Gasteiger partial charge in [0, 0.05) is 18.5 Å². The fraction of sp³-hybridized carbons (Fsp3) is 0.529. The van der Waals surface area contributed by atoms with E-state index in [2.05, 4.69) is 30.0 Å². The maximum absolute atomic E-state index is 5.90. The molecule has 1 saturated heterocycles. The molecule has 0 aliphatic carbocycles. The second-order valence-electron chi connectivity index (χ2n) is 5.62. The third-order valence-electron chi connectivity index (χ3n) is 3.88. The van der Waals surface area contributed by atoms with Crippen LogP contribution in [0.2, 0.25) is 0 Å². The summed E-state index contributed by atoms with van der Waals surface area (Å²) in [5.41, 5.74) is 0.985. The van der Waals surface area contributed by atoms with E-state index >= 15 is 0 Å². The van der Waals surface area contributed by atoms with Gasteiger partial charge in [-0.05, 0) is 37.9 Å². The predicted octanol–water partition coefficient (Wildman–Crippen LogP) is 3.82. The van der Waals surface area contributed by atoms with Crippen molar-refractivity contribution in [2.24, 2.45) is 0 Å². The van der Waals surface area contributed by atoms with Crippen LogP contribution in [0.5, 0.6) is 0 Å². The van der Waals surface area contributed by atoms with E-state index in [9.17, 15) is 0 Å². The van der Waals surface area contributed by atoms with Gasteiger partial charge in [-0.2, -0.15) is 0 Å². The molecule has 3 rings (SSSR count). The van der Waals surface area contributed by atoms with Crippen molar-refractivity contribution in [2.75, 3.05) is 19.7 Å². The number of para-hydroxylation sites is 1. The normalized spacial score (nSPS) is 20.6. The second kappa shape index (κ2) is 6.42. The van der Waals surface area contributed by atoms with Crippen LogP contribution in [0.15, 0.2) is 34.7 Å². The van der Waals surface area contributed by atoms with Gasteiger partial charge in [0.25, 0.3) is 0 Å². The average molecular weight is 273 g/mol. The van der Waals surface area contributed by atoms with E-state index in [1.165, 1.54) is 18.2 Å². The fourth-order valence-corrected chi connectivity index (χ4v) is 2.91. The van der Waals surface area contributed by atoms with E-state index in [-0.39, 0.29) is 0 Å². The van der Waals surface area contributed by atoms with Crippen LogP contribution in [-0.4, -0.2) is 30.7 Å². The van der Waals surface area contributed by atoms with Gasteiger partial charge in [0.05, 0.1) is 12.6 Å². The first-order chi connectivity index (χ1) is 9.85. The van der Waals surface area contributed by atoms with Crippen LogP contribution in [0.4, 0.5) is 0 Å². The number of furan rings is 1. The Morgan fingerprint density at radius 2 is 2.25 bits per heavy atom. The minimum Gasteiger partial charge on any atom is -0.460 e. The predicted molar refractivity (Wildman–Crippen MR) is 80.8 cm³/mol. The van der Waals surface area contributed by atoms with E-state index in [1.54, 1.807) is 0 Å². The van der Waals surface area contributed by atoms with Gasteiger partial charge >= 0.3 is 0 Å². The third-order valence-corrected chi connectivity index (χ3v) is 3.88. The number of ether oxygens (including phenoxy) is 1. The number of fused-ring (bicyclic) bond motifs is 1. The first kappa shape index (κ1) is 13.7. The molecule has 20 heavy (non-hydrogen) atoms. The zero-order valence-electron chi connectivity index (χ0n) is 12.2. The van der Waals surface area contributed by atoms with Crippen LogP contribution >= 0.6 is 0 Å². The number of rotatable bonds is 5. The summed E-state index contributed by atoms with van der Waals surface area (Å²) < 4.78 is 11.8. The van der Waals surface area contributed by atoms with Gasteiger partial charge in [0.15, 0.2) is 0 Å². The van der Waals surface area contributed by atoms with Crippen molar-refractivity contribution in [1.29, 1.82) is 0 Å². The highest BCUT2D eigenvalue weighted by Crippen LogP contribution is 2.22. The quantitative estimate of drug-likeness (QED) is 0.828. The van der Waals surface area contributed by atoms with Gasteiger partial charge in [0.2, 0.25) is 0 Å². The van der Waals surface area contributed by atoms with Crippen molar-refractivity contribution < 1.29 is 9.15 Å². The van der Waals surface area contributed by atoms with Gasteiger partial charge in [-0.3, -0.25) is 4.90 Å². The Bertz CT molecular complexity index is 516. The lowest BCUT2D eigenvalue weighted by molar-refractivity contribution is -0.00362. The summed E-state index contributed by atoms with van der Waals surface area (Å²) in [6.07, 6.45) is 3.90. The molecule has 0 saturated carbocycles. The molecule has 1 aromatic heterocycles. The molecular weight excluding hydrogens is 250 g/mol. The highest BCUT2D eigenvalue weighted by atomic mass is 16.5. The lowest BCUT2D eigenvalue weighted by Gasteiger charge is -2.31. The summed E-state index contributed by atoms with van der Waals surface area (Å²) in [6.45, 7) is 6.10. The second-order valence-corrected chi connectivity index (χ2v) is 5.62. The molecule has 108 valence electrons. The molecule has 1 aliphatic heterocycles. The minimum atomic E-state index is 0.396. The minimum absolute atomic E-state index is 0.396. The first-order valence-electron chi connectivity index (χ1n) is 7.66. The Kier molecular flexibility index (Phi) is 4.38. The summed E-state index contributed by atoms with van der Waals surface area (Å²) in [4.78, 5) is 2.45. The molecule has 0 spiro atoms. The van der Waals surface area contributed by atoms with Crippen molar-refractivity contribution in [1.82, 2.24) is 4.90 Å². The maximum Gasteiger partial charge on any atom is 0.134 e. The Morgan fingerprint density at radius 3 is 3.10 bits per heavy atom. The van der Waals surface area contributed by atoms with Crippen LogP contribution in [0.25, 0.3) is 11.0 Å². The molecule has 2 aromatic rings. The smallest absolute Gasteiger partial charge is 0.134 e. The summed E-state index contributed by atoms with van der Waals surface area (Å²) >= 11 is 0. The lowest BCUT2D eigenvalue weighted by atomic mass is 10.1. The third kappa shape index (κ3) is 3.22. The Balaban J connectivity index is 1.61. The van der Waals surface area contributed by atoms with Crippen LogP contribution in [0.1, 0.15) is 31.9 Å². The van der Waals surface area contributed by atoms with Crippen molar-refractivity contribution >= 4 is 11.0 Å². The molecular formula is C17H23NO2. The van der Waals surface area contributed by atoms with E-state index in [0.29, 0.717) is 6.10 Å². The summed E-state index contributed by atoms with van der Waals surface area (Å²) in [5, 5.41) is 1.19. The molecule has 1 fully saturated rings. The van der Waals surface area contributed by atoms with E-state index in [0.717, 1.165) is 44.0 Å². The average Bonchev–Trinajstić information content (AvgIpc) is 2.87. The van der Waals surface area contributed by atoms with Crippen molar-refractivity contribution in [3.63, 3.8) is 0 Å². The molecule has 2 heterocycles. The first-order valence-corrected chi connectivity index (χ1v) is 7.66. The van der Waals surface area contributed by atoms with E-state index in [1.807, 2.05) is 12.1 Å². The monoisotopic (exact) mass is 273 g/mol. The highest BCUT2D eigenvalue weighted by molar-refractivity contribution is 5.77. The van der Waals surface area contributed by atoms with Gasteiger partial charge < -0.3 is 9.15 Å². The Labute approximate surface area is 120 Å². The van der Waals surface area contributed by atoms with Gasteiger partial charge in [0.1, 0.15) is 11.3 Å². The standard InChI is InChI=1S/C17H23NO2/c1-2-10-19-15-7-5-9-18(12-15)13-16-11-14-6-3-4-8-17(14)20-16/h3-4,6,8,11,15H,2,5,7,9-10,12-13H2,1H3. The number of hydrogen-bond donors (Lipinski definition) is 0. The molecule has 1 atom stereocenters. The van der Waals surface area contributed by atoms with Crippen LogP contribution in [0.3, 0.4) is 0 Å². The van der Waals surface area contributed by atoms with E-state index in [4.69, 9.17) is 9.15 Å². The van der Waals surface area contributed by atoms with E-state index < -0.39 is 0 Å². The van der Waals surface area contributed by atoms with Crippen LogP contribution in [0, 0.1) is 0 Å². The number of benzene rings is 1. The van der Waals surface area contributed by atoms with Gasteiger partial charge in [-0.1, -0.05) is 25.1 Å². The number of piperidine rings is 1. The number of nitrogens with zero attached hydrogens (tertiary/aromatic N) is 1. The molecule has 0 radical (unpaired) electrons. The Morgan fingerprint density at radius 1 is 1.35 bits per heavy atom. The van der Waals surface area contributed by atoms with Gasteiger partial charge in [-0.15, -0.1) is 0 Å². The molecule has 1 unspecified atom stereocenters. The molecule has 3 nitrogen and oxygen atoms in total. The molecule has 1 aromatic carbocycles. The van der Waals surface area contributed by atoms with Gasteiger partial charge in [-0.25, -0.2) is 0 Å². The molecule has 0 N–H and O–H groups in total. The van der Waals surface area contributed by atoms with Crippen LogP contribution < -0.4 is 0 Å². The maximum atomic E-state index is 5.90. The van der Waals surface area contributed by atoms with Crippen LogP contribution in [-0.2, 0) is 11.3 Å².